The van der Waals surface area contributed by atoms with Gasteiger partial charge < -0.3 is 9.52 Å². The zero-order valence-corrected chi connectivity index (χ0v) is 12.2. The van der Waals surface area contributed by atoms with Gasteiger partial charge in [0.15, 0.2) is 5.43 Å². The van der Waals surface area contributed by atoms with Crippen LogP contribution in [0.5, 0.6) is 0 Å². The van der Waals surface area contributed by atoms with Gasteiger partial charge in [-0.25, -0.2) is 4.79 Å². The van der Waals surface area contributed by atoms with Crippen LogP contribution in [0.1, 0.15) is 21.5 Å². The van der Waals surface area contributed by atoms with E-state index in [2.05, 4.69) is 0 Å². The molecule has 3 aromatic rings. The quantitative estimate of drug-likeness (QED) is 0.781. The van der Waals surface area contributed by atoms with E-state index in [1.165, 1.54) is 18.2 Å². The van der Waals surface area contributed by atoms with E-state index < -0.39 is 5.97 Å². The Kier molecular flexibility index (Phi) is 3.29. The first-order valence-corrected chi connectivity index (χ1v) is 6.84. The van der Waals surface area contributed by atoms with Gasteiger partial charge in [-0.15, -0.1) is 0 Å². The lowest BCUT2D eigenvalue weighted by molar-refractivity contribution is 0.0697. The summed E-state index contributed by atoms with van der Waals surface area (Å²) < 4.78 is 5.83. The van der Waals surface area contributed by atoms with E-state index in [4.69, 9.17) is 9.52 Å². The maximum Gasteiger partial charge on any atom is 0.335 e. The molecule has 1 heterocycles. The normalized spacial score (nSPS) is 10.8. The van der Waals surface area contributed by atoms with Crippen LogP contribution in [0.25, 0.3) is 22.3 Å². The molecule has 110 valence electrons. The molecule has 22 heavy (non-hydrogen) atoms. The molecule has 0 amide bonds. The van der Waals surface area contributed by atoms with Crippen molar-refractivity contribution < 1.29 is 14.3 Å². The highest BCUT2D eigenvalue weighted by Crippen LogP contribution is 2.25. The molecule has 0 spiro atoms. The van der Waals surface area contributed by atoms with Crippen molar-refractivity contribution in [3.05, 3.63) is 69.4 Å². The lowest BCUT2D eigenvalue weighted by Crippen LogP contribution is -2.03. The van der Waals surface area contributed by atoms with Gasteiger partial charge in [0.25, 0.3) is 0 Å². The number of hydrogen-bond acceptors (Lipinski definition) is 3. The summed E-state index contributed by atoms with van der Waals surface area (Å²) in [6, 6.07) is 11.5. The molecule has 0 radical (unpaired) electrons. The average Bonchev–Trinajstić information content (AvgIpc) is 2.46. The molecule has 1 aromatic heterocycles. The van der Waals surface area contributed by atoms with Gasteiger partial charge in [-0.1, -0.05) is 18.2 Å². The summed E-state index contributed by atoms with van der Waals surface area (Å²) in [5, 5.41) is 9.62. The van der Waals surface area contributed by atoms with E-state index in [9.17, 15) is 9.59 Å². The number of carbonyl (C=O) groups is 1. The van der Waals surface area contributed by atoms with Crippen molar-refractivity contribution in [1.29, 1.82) is 0 Å². The van der Waals surface area contributed by atoms with Crippen LogP contribution in [-0.2, 0) is 0 Å². The molecule has 2 aromatic carbocycles. The summed E-state index contributed by atoms with van der Waals surface area (Å²) in [7, 11) is 0. The Balaban J connectivity index is 2.27. The minimum absolute atomic E-state index is 0.130. The summed E-state index contributed by atoms with van der Waals surface area (Å²) in [4.78, 5) is 23.4. The zero-order chi connectivity index (χ0) is 15.9. The molecule has 0 bridgehead atoms. The van der Waals surface area contributed by atoms with Crippen LogP contribution in [0, 0.1) is 13.8 Å². The van der Waals surface area contributed by atoms with Gasteiger partial charge in [0.1, 0.15) is 11.3 Å². The predicted molar refractivity (Wildman–Crippen MR) is 84.4 cm³/mol. The number of benzene rings is 2. The molecule has 1 N–H and O–H groups in total. The van der Waals surface area contributed by atoms with Crippen LogP contribution in [0.3, 0.4) is 0 Å². The second kappa shape index (κ2) is 5.15. The predicted octanol–water partition coefficient (Wildman–Crippen LogP) is 3.78. The lowest BCUT2D eigenvalue weighted by Gasteiger charge is -2.07. The molecule has 0 saturated carbocycles. The smallest absolute Gasteiger partial charge is 0.335 e. The number of aryl methyl sites for hydroxylation is 2. The van der Waals surface area contributed by atoms with E-state index in [0.717, 1.165) is 11.1 Å². The van der Waals surface area contributed by atoms with Crippen LogP contribution in [0.4, 0.5) is 0 Å². The SMILES string of the molecule is Cc1cc(C)c2c(=O)cc(-c3cccc(C(=O)O)c3)oc2c1. The van der Waals surface area contributed by atoms with Crippen molar-refractivity contribution in [2.75, 3.05) is 0 Å². The maximum atomic E-state index is 12.3. The number of rotatable bonds is 2. The van der Waals surface area contributed by atoms with Gasteiger partial charge in [0, 0.05) is 11.6 Å². The third-order valence-electron chi connectivity index (χ3n) is 3.57. The fourth-order valence-corrected chi connectivity index (χ4v) is 2.61. The van der Waals surface area contributed by atoms with Crippen molar-refractivity contribution >= 4 is 16.9 Å². The minimum atomic E-state index is -1.02. The standard InChI is InChI=1S/C18H14O4/c1-10-6-11(2)17-14(19)9-15(22-16(17)7-10)12-4-3-5-13(8-12)18(20)21/h3-9H,1-2H3,(H,20,21). The third kappa shape index (κ3) is 2.39. The number of aromatic carboxylic acids is 1. The van der Waals surface area contributed by atoms with Gasteiger partial charge >= 0.3 is 5.97 Å². The second-order valence-corrected chi connectivity index (χ2v) is 5.32. The molecule has 0 unspecified atom stereocenters. The Morgan fingerprint density at radius 3 is 2.59 bits per heavy atom. The van der Waals surface area contributed by atoms with E-state index >= 15 is 0 Å². The largest absolute Gasteiger partial charge is 0.478 e. The number of carboxylic acid groups (broad SMARTS) is 1. The van der Waals surface area contributed by atoms with Crippen molar-refractivity contribution in [3.8, 4) is 11.3 Å². The highest BCUT2D eigenvalue weighted by atomic mass is 16.4. The number of carboxylic acids is 1. The van der Waals surface area contributed by atoms with Gasteiger partial charge in [-0.3, -0.25) is 4.79 Å². The van der Waals surface area contributed by atoms with E-state index in [1.54, 1.807) is 12.1 Å². The number of hydrogen-bond donors (Lipinski definition) is 1. The Hall–Kier alpha value is -2.88. The van der Waals surface area contributed by atoms with E-state index in [-0.39, 0.29) is 11.0 Å². The first-order chi connectivity index (χ1) is 10.5. The second-order valence-electron chi connectivity index (χ2n) is 5.32. The molecule has 0 aliphatic rings. The van der Waals surface area contributed by atoms with E-state index in [0.29, 0.717) is 22.3 Å². The van der Waals surface area contributed by atoms with Gasteiger partial charge in [-0.05, 0) is 43.2 Å². The Labute approximate surface area is 126 Å². The average molecular weight is 294 g/mol. The van der Waals surface area contributed by atoms with Crippen LogP contribution in [-0.4, -0.2) is 11.1 Å². The summed E-state index contributed by atoms with van der Waals surface area (Å²) in [5.74, 6) is -0.651. The highest BCUT2D eigenvalue weighted by molar-refractivity contribution is 5.89. The van der Waals surface area contributed by atoms with Gasteiger partial charge in [0.05, 0.1) is 10.9 Å². The molecule has 0 saturated heterocycles. The van der Waals surface area contributed by atoms with Crippen LogP contribution in [0.2, 0.25) is 0 Å². The molecule has 0 fully saturated rings. The zero-order valence-electron chi connectivity index (χ0n) is 12.2. The monoisotopic (exact) mass is 294 g/mol. The van der Waals surface area contributed by atoms with Crippen molar-refractivity contribution in [1.82, 2.24) is 0 Å². The summed E-state index contributed by atoms with van der Waals surface area (Å²) in [6.45, 7) is 3.81. The Morgan fingerprint density at radius 1 is 1.09 bits per heavy atom. The molecule has 3 rings (SSSR count). The molecule has 4 heteroatoms. The summed E-state index contributed by atoms with van der Waals surface area (Å²) >= 11 is 0. The first-order valence-electron chi connectivity index (χ1n) is 6.84. The Morgan fingerprint density at radius 2 is 1.86 bits per heavy atom. The molecule has 4 nitrogen and oxygen atoms in total. The van der Waals surface area contributed by atoms with Crippen LogP contribution in [0.15, 0.2) is 51.7 Å². The fourth-order valence-electron chi connectivity index (χ4n) is 2.61. The minimum Gasteiger partial charge on any atom is -0.478 e. The van der Waals surface area contributed by atoms with Crippen LogP contribution < -0.4 is 5.43 Å². The van der Waals surface area contributed by atoms with Gasteiger partial charge in [0.2, 0.25) is 0 Å². The number of fused-ring (bicyclic) bond motifs is 1. The third-order valence-corrected chi connectivity index (χ3v) is 3.57. The van der Waals surface area contributed by atoms with Crippen molar-refractivity contribution in [2.24, 2.45) is 0 Å². The van der Waals surface area contributed by atoms with Gasteiger partial charge in [-0.2, -0.15) is 0 Å². The molecular weight excluding hydrogens is 280 g/mol. The molecule has 0 aliphatic carbocycles. The van der Waals surface area contributed by atoms with Crippen LogP contribution >= 0.6 is 0 Å². The first kappa shape index (κ1) is 14.1. The summed E-state index contributed by atoms with van der Waals surface area (Å²) in [5.41, 5.74) is 2.98. The Bertz CT molecular complexity index is 951. The fraction of sp³-hybridized carbons (Fsp3) is 0.111. The van der Waals surface area contributed by atoms with Crippen molar-refractivity contribution in [2.45, 2.75) is 13.8 Å². The molecule has 0 atom stereocenters. The maximum absolute atomic E-state index is 12.3. The lowest BCUT2D eigenvalue weighted by atomic mass is 10.0. The molecular formula is C18H14O4. The highest BCUT2D eigenvalue weighted by Gasteiger charge is 2.11. The van der Waals surface area contributed by atoms with E-state index in [1.807, 2.05) is 26.0 Å². The summed E-state index contributed by atoms with van der Waals surface area (Å²) in [6.07, 6.45) is 0. The molecule has 0 aliphatic heterocycles. The topological polar surface area (TPSA) is 67.5 Å². The van der Waals surface area contributed by atoms with Crippen molar-refractivity contribution in [3.63, 3.8) is 0 Å².